The van der Waals surface area contributed by atoms with Crippen LogP contribution >= 0.6 is 21.6 Å². The summed E-state index contributed by atoms with van der Waals surface area (Å²) in [5.74, 6) is 1.58. The molecule has 1 unspecified atom stereocenters. The SMILES string of the molecule is C=C(CC)C(=O)CCCCC1CCSS1. The number of carbonyl (C=O) groups excluding carboxylic acids is 1. The number of unbranched alkanes of at least 4 members (excludes halogenated alkanes) is 1. The van der Waals surface area contributed by atoms with Crippen LogP contribution in [0, 0.1) is 0 Å². The van der Waals surface area contributed by atoms with Crippen molar-refractivity contribution in [2.75, 3.05) is 5.75 Å². The number of allylic oxidation sites excluding steroid dienone is 1. The minimum absolute atomic E-state index is 0.269. The molecule has 3 heteroatoms. The third kappa shape index (κ3) is 5.12. The standard InChI is InChI=1S/C12H20OS2/c1-3-10(2)12(13)7-5-4-6-11-8-9-14-15-11/h11H,2-9H2,1H3. The van der Waals surface area contributed by atoms with E-state index in [2.05, 4.69) is 6.58 Å². The molecule has 0 amide bonds. The first-order valence-corrected chi connectivity index (χ1v) is 8.11. The Hall–Kier alpha value is 0.110. The van der Waals surface area contributed by atoms with E-state index in [1.807, 2.05) is 28.5 Å². The normalized spacial score (nSPS) is 20.5. The Morgan fingerprint density at radius 1 is 1.47 bits per heavy atom. The molecular weight excluding hydrogens is 224 g/mol. The molecule has 0 spiro atoms. The molecule has 1 aliphatic rings. The average molecular weight is 244 g/mol. The molecule has 1 heterocycles. The van der Waals surface area contributed by atoms with Gasteiger partial charge in [0.1, 0.15) is 0 Å². The Kier molecular flexibility index (Phi) is 6.50. The molecule has 1 rings (SSSR count). The highest BCUT2D eigenvalue weighted by Crippen LogP contribution is 2.39. The van der Waals surface area contributed by atoms with Crippen LogP contribution < -0.4 is 0 Å². The fraction of sp³-hybridized carbons (Fsp3) is 0.750. The van der Waals surface area contributed by atoms with Crippen LogP contribution in [0.3, 0.4) is 0 Å². The molecule has 0 aromatic heterocycles. The van der Waals surface area contributed by atoms with E-state index in [-0.39, 0.29) is 5.78 Å². The van der Waals surface area contributed by atoms with Crippen molar-refractivity contribution in [2.45, 2.75) is 50.7 Å². The van der Waals surface area contributed by atoms with Gasteiger partial charge < -0.3 is 0 Å². The lowest BCUT2D eigenvalue weighted by molar-refractivity contribution is -0.115. The van der Waals surface area contributed by atoms with Crippen molar-refractivity contribution < 1.29 is 4.79 Å². The second-order valence-corrected chi connectivity index (χ2v) is 6.74. The molecule has 1 saturated heterocycles. The van der Waals surface area contributed by atoms with Gasteiger partial charge in [-0.2, -0.15) is 0 Å². The minimum Gasteiger partial charge on any atom is -0.295 e. The van der Waals surface area contributed by atoms with Crippen molar-refractivity contribution in [3.05, 3.63) is 12.2 Å². The summed E-state index contributed by atoms with van der Waals surface area (Å²) < 4.78 is 0. The second-order valence-electron chi connectivity index (χ2n) is 3.95. The summed E-state index contributed by atoms with van der Waals surface area (Å²) in [6, 6.07) is 0. The predicted molar refractivity (Wildman–Crippen MR) is 71.4 cm³/mol. The fourth-order valence-electron chi connectivity index (χ4n) is 1.60. The molecule has 1 aliphatic heterocycles. The molecule has 0 bridgehead atoms. The van der Waals surface area contributed by atoms with E-state index in [4.69, 9.17) is 0 Å². The smallest absolute Gasteiger partial charge is 0.158 e. The van der Waals surface area contributed by atoms with Crippen molar-refractivity contribution in [3.8, 4) is 0 Å². The number of Topliss-reactive ketones (excluding diaryl/α,β-unsaturated/α-hetero) is 1. The van der Waals surface area contributed by atoms with Crippen molar-refractivity contribution in [1.29, 1.82) is 0 Å². The van der Waals surface area contributed by atoms with Gasteiger partial charge in [0, 0.05) is 17.4 Å². The van der Waals surface area contributed by atoms with Gasteiger partial charge in [0.25, 0.3) is 0 Å². The van der Waals surface area contributed by atoms with Gasteiger partial charge in [-0.1, -0.05) is 41.5 Å². The van der Waals surface area contributed by atoms with Gasteiger partial charge >= 0.3 is 0 Å². The minimum atomic E-state index is 0.269. The highest BCUT2D eigenvalue weighted by Gasteiger charge is 2.15. The number of rotatable bonds is 7. The molecular formula is C12H20OS2. The Morgan fingerprint density at radius 2 is 2.27 bits per heavy atom. The van der Waals surface area contributed by atoms with E-state index < -0.39 is 0 Å². The number of hydrogen-bond acceptors (Lipinski definition) is 3. The Morgan fingerprint density at radius 3 is 2.87 bits per heavy atom. The third-order valence-corrected chi connectivity index (χ3v) is 5.74. The molecule has 0 aromatic rings. The third-order valence-electron chi connectivity index (χ3n) is 2.73. The van der Waals surface area contributed by atoms with Crippen molar-refractivity contribution >= 4 is 27.4 Å². The summed E-state index contributed by atoms with van der Waals surface area (Å²) >= 11 is 0. The van der Waals surface area contributed by atoms with Crippen LogP contribution in [0.4, 0.5) is 0 Å². The van der Waals surface area contributed by atoms with Gasteiger partial charge in [-0.05, 0) is 31.3 Å². The lowest BCUT2D eigenvalue weighted by Crippen LogP contribution is -2.02. The van der Waals surface area contributed by atoms with E-state index in [0.717, 1.165) is 23.7 Å². The summed E-state index contributed by atoms with van der Waals surface area (Å²) in [6.07, 6.45) is 6.38. The first-order chi connectivity index (χ1) is 7.24. The van der Waals surface area contributed by atoms with E-state index in [0.29, 0.717) is 6.42 Å². The first kappa shape index (κ1) is 13.2. The van der Waals surface area contributed by atoms with Crippen LogP contribution in [0.25, 0.3) is 0 Å². The van der Waals surface area contributed by atoms with Crippen molar-refractivity contribution in [1.82, 2.24) is 0 Å². The van der Waals surface area contributed by atoms with Gasteiger partial charge in [0.2, 0.25) is 0 Å². The van der Waals surface area contributed by atoms with Crippen LogP contribution in [-0.4, -0.2) is 16.8 Å². The fourth-order valence-corrected chi connectivity index (χ4v) is 4.62. The van der Waals surface area contributed by atoms with Crippen LogP contribution in [0.5, 0.6) is 0 Å². The summed E-state index contributed by atoms with van der Waals surface area (Å²) in [5, 5.41) is 0.847. The Labute approximate surface area is 101 Å². The molecule has 86 valence electrons. The molecule has 1 fully saturated rings. The Bertz CT molecular complexity index is 220. The maximum absolute atomic E-state index is 11.5. The monoisotopic (exact) mass is 244 g/mol. The number of hydrogen-bond donors (Lipinski definition) is 0. The van der Waals surface area contributed by atoms with E-state index in [1.165, 1.54) is 25.0 Å². The molecule has 1 nitrogen and oxygen atoms in total. The quantitative estimate of drug-likeness (QED) is 0.379. The van der Waals surface area contributed by atoms with E-state index in [9.17, 15) is 4.79 Å². The molecule has 1 atom stereocenters. The van der Waals surface area contributed by atoms with Crippen molar-refractivity contribution in [2.24, 2.45) is 0 Å². The zero-order valence-electron chi connectivity index (χ0n) is 9.46. The summed E-state index contributed by atoms with van der Waals surface area (Å²) in [6.45, 7) is 5.76. The van der Waals surface area contributed by atoms with Crippen molar-refractivity contribution in [3.63, 3.8) is 0 Å². The highest BCUT2D eigenvalue weighted by atomic mass is 33.1. The maximum Gasteiger partial charge on any atom is 0.158 e. The first-order valence-electron chi connectivity index (χ1n) is 5.73. The lowest BCUT2D eigenvalue weighted by atomic mass is 10.0. The highest BCUT2D eigenvalue weighted by molar-refractivity contribution is 8.77. The lowest BCUT2D eigenvalue weighted by Gasteiger charge is -2.06. The summed E-state index contributed by atoms with van der Waals surface area (Å²) in [5.41, 5.74) is 0.792. The molecule has 0 saturated carbocycles. The molecule has 0 aromatic carbocycles. The Balaban J connectivity index is 2.00. The van der Waals surface area contributed by atoms with E-state index >= 15 is 0 Å². The van der Waals surface area contributed by atoms with Crippen LogP contribution in [0.15, 0.2) is 12.2 Å². The second kappa shape index (κ2) is 7.39. The largest absolute Gasteiger partial charge is 0.295 e. The number of ketones is 1. The van der Waals surface area contributed by atoms with Gasteiger partial charge in [-0.3, -0.25) is 4.79 Å². The van der Waals surface area contributed by atoms with Gasteiger partial charge in [0.15, 0.2) is 5.78 Å². The van der Waals surface area contributed by atoms with Crippen LogP contribution in [0.2, 0.25) is 0 Å². The van der Waals surface area contributed by atoms with Gasteiger partial charge in [-0.15, -0.1) is 0 Å². The summed E-state index contributed by atoms with van der Waals surface area (Å²) in [7, 11) is 4.02. The number of carbonyl (C=O) groups is 1. The zero-order valence-corrected chi connectivity index (χ0v) is 11.1. The average Bonchev–Trinajstić information content (AvgIpc) is 2.75. The predicted octanol–water partition coefficient (Wildman–Crippen LogP) is 4.24. The van der Waals surface area contributed by atoms with E-state index in [1.54, 1.807) is 0 Å². The van der Waals surface area contributed by atoms with Gasteiger partial charge in [-0.25, -0.2) is 0 Å². The molecule has 0 N–H and O–H groups in total. The maximum atomic E-state index is 11.5. The molecule has 0 radical (unpaired) electrons. The zero-order chi connectivity index (χ0) is 11.1. The summed E-state index contributed by atoms with van der Waals surface area (Å²) in [4.78, 5) is 11.5. The molecule has 15 heavy (non-hydrogen) atoms. The van der Waals surface area contributed by atoms with Crippen LogP contribution in [0.1, 0.15) is 45.4 Å². The molecule has 0 aliphatic carbocycles. The topological polar surface area (TPSA) is 17.1 Å². The van der Waals surface area contributed by atoms with Gasteiger partial charge in [0.05, 0.1) is 0 Å². The van der Waals surface area contributed by atoms with Crippen LogP contribution in [-0.2, 0) is 4.79 Å².